The van der Waals surface area contributed by atoms with Crippen molar-refractivity contribution >= 4 is 0 Å². The third-order valence-corrected chi connectivity index (χ3v) is 3.28. The van der Waals surface area contributed by atoms with Crippen LogP contribution in [0.5, 0.6) is 0 Å². The van der Waals surface area contributed by atoms with Crippen molar-refractivity contribution in [2.24, 2.45) is 0 Å². The molecular weight excluding hydrogens is 310 g/mol. The average Bonchev–Trinajstić information content (AvgIpc) is 2.41. The average molecular weight is 338 g/mol. The molecular formula is C18H28BrN. The molecule has 0 spiro atoms. The van der Waals surface area contributed by atoms with E-state index in [9.17, 15) is 0 Å². The SMILES string of the molecule is CCC#CCCCCCCCC[n+]1cccc(C)c1.[Br-]. The van der Waals surface area contributed by atoms with Gasteiger partial charge in [-0.1, -0.05) is 26.2 Å². The van der Waals surface area contributed by atoms with Gasteiger partial charge in [0.25, 0.3) is 0 Å². The maximum atomic E-state index is 3.21. The number of aromatic nitrogens is 1. The van der Waals surface area contributed by atoms with E-state index in [2.05, 4.69) is 54.8 Å². The number of pyridine rings is 1. The molecule has 1 heterocycles. The third-order valence-electron chi connectivity index (χ3n) is 3.28. The summed E-state index contributed by atoms with van der Waals surface area (Å²) in [7, 11) is 0. The Balaban J connectivity index is 0.00000361. The summed E-state index contributed by atoms with van der Waals surface area (Å²) in [6.07, 6.45) is 14.5. The molecule has 0 atom stereocenters. The number of hydrogen-bond donors (Lipinski definition) is 0. The molecule has 112 valence electrons. The van der Waals surface area contributed by atoms with Crippen LogP contribution in [0.4, 0.5) is 0 Å². The fourth-order valence-electron chi connectivity index (χ4n) is 2.22. The molecule has 0 radical (unpaired) electrons. The Morgan fingerprint density at radius 1 is 1.00 bits per heavy atom. The van der Waals surface area contributed by atoms with E-state index in [1.54, 1.807) is 0 Å². The minimum Gasteiger partial charge on any atom is -1.00 e. The summed E-state index contributed by atoms with van der Waals surface area (Å²) < 4.78 is 2.30. The number of nitrogens with zero attached hydrogens (tertiary/aromatic N) is 1. The maximum Gasteiger partial charge on any atom is 0.171 e. The molecule has 0 N–H and O–H groups in total. The van der Waals surface area contributed by atoms with Crippen LogP contribution < -0.4 is 21.5 Å². The molecule has 1 rings (SSSR count). The van der Waals surface area contributed by atoms with E-state index in [1.165, 1.54) is 44.1 Å². The number of unbranched alkanes of at least 4 members (excludes halogenated alkanes) is 6. The highest BCUT2D eigenvalue weighted by Crippen LogP contribution is 2.06. The van der Waals surface area contributed by atoms with Crippen LogP contribution in [-0.4, -0.2) is 0 Å². The molecule has 1 aromatic rings. The molecule has 1 nitrogen and oxygen atoms in total. The Hall–Kier alpha value is -0.810. The van der Waals surface area contributed by atoms with Crippen LogP contribution in [0.25, 0.3) is 0 Å². The smallest absolute Gasteiger partial charge is 0.171 e. The van der Waals surface area contributed by atoms with E-state index < -0.39 is 0 Å². The van der Waals surface area contributed by atoms with Gasteiger partial charge in [-0.25, -0.2) is 4.57 Å². The lowest BCUT2D eigenvalue weighted by Gasteiger charge is -2.00. The van der Waals surface area contributed by atoms with Gasteiger partial charge < -0.3 is 17.0 Å². The number of halogens is 1. The monoisotopic (exact) mass is 337 g/mol. The summed E-state index contributed by atoms with van der Waals surface area (Å²) in [5, 5.41) is 0. The van der Waals surface area contributed by atoms with Gasteiger partial charge in [-0.3, -0.25) is 0 Å². The van der Waals surface area contributed by atoms with Gasteiger partial charge in [0.1, 0.15) is 6.54 Å². The lowest BCUT2D eigenvalue weighted by atomic mass is 10.1. The summed E-state index contributed by atoms with van der Waals surface area (Å²) >= 11 is 0. The van der Waals surface area contributed by atoms with E-state index in [1.807, 2.05) is 0 Å². The molecule has 0 bridgehead atoms. The molecule has 20 heavy (non-hydrogen) atoms. The molecule has 0 aromatic carbocycles. The summed E-state index contributed by atoms with van der Waals surface area (Å²) in [5.41, 5.74) is 1.34. The van der Waals surface area contributed by atoms with E-state index in [-0.39, 0.29) is 17.0 Å². The fraction of sp³-hybridized carbons (Fsp3) is 0.611. The van der Waals surface area contributed by atoms with Crippen molar-refractivity contribution in [1.82, 2.24) is 0 Å². The van der Waals surface area contributed by atoms with Gasteiger partial charge >= 0.3 is 0 Å². The number of aryl methyl sites for hydroxylation is 2. The molecule has 0 saturated carbocycles. The standard InChI is InChI=1S/C18H28N.BrH/c1-3-4-5-6-7-8-9-10-11-12-15-19-16-13-14-18(2)17-19;/h13-14,16-17H,3,6-12,15H2,1-2H3;1H/q+1;/p-1. The predicted molar refractivity (Wildman–Crippen MR) is 81.8 cm³/mol. The molecule has 0 aliphatic carbocycles. The molecule has 0 saturated heterocycles. The van der Waals surface area contributed by atoms with Gasteiger partial charge in [-0.15, -0.1) is 11.8 Å². The zero-order chi connectivity index (χ0) is 13.8. The molecule has 0 aliphatic heterocycles. The van der Waals surface area contributed by atoms with Crippen LogP contribution in [0.3, 0.4) is 0 Å². The summed E-state index contributed by atoms with van der Waals surface area (Å²) in [5.74, 6) is 6.34. The van der Waals surface area contributed by atoms with E-state index in [0.717, 1.165) is 19.4 Å². The first kappa shape index (κ1) is 19.2. The highest BCUT2D eigenvalue weighted by molar-refractivity contribution is 5.01. The number of hydrogen-bond acceptors (Lipinski definition) is 0. The molecule has 0 unspecified atom stereocenters. The second kappa shape index (κ2) is 13.2. The lowest BCUT2D eigenvalue weighted by Crippen LogP contribution is -3.00. The summed E-state index contributed by atoms with van der Waals surface area (Å²) in [4.78, 5) is 0. The van der Waals surface area contributed by atoms with Crippen molar-refractivity contribution in [2.75, 3.05) is 0 Å². The van der Waals surface area contributed by atoms with Crippen molar-refractivity contribution in [1.29, 1.82) is 0 Å². The quantitative estimate of drug-likeness (QED) is 0.384. The number of rotatable bonds is 8. The Labute approximate surface area is 135 Å². The van der Waals surface area contributed by atoms with Gasteiger partial charge in [0.15, 0.2) is 12.4 Å². The Morgan fingerprint density at radius 3 is 2.40 bits per heavy atom. The minimum absolute atomic E-state index is 0. The molecule has 0 fully saturated rings. The topological polar surface area (TPSA) is 3.88 Å². The van der Waals surface area contributed by atoms with Gasteiger partial charge in [0, 0.05) is 30.9 Å². The summed E-state index contributed by atoms with van der Waals surface area (Å²) in [6, 6.07) is 4.28. The van der Waals surface area contributed by atoms with Gasteiger partial charge in [0.05, 0.1) is 0 Å². The van der Waals surface area contributed by atoms with Crippen molar-refractivity contribution in [3.8, 4) is 11.8 Å². The van der Waals surface area contributed by atoms with Crippen LogP contribution in [0, 0.1) is 18.8 Å². The van der Waals surface area contributed by atoms with Crippen molar-refractivity contribution in [3.63, 3.8) is 0 Å². The van der Waals surface area contributed by atoms with E-state index in [0.29, 0.717) is 0 Å². The molecule has 1 aromatic heterocycles. The van der Waals surface area contributed by atoms with Crippen LogP contribution in [0.15, 0.2) is 24.5 Å². The molecule has 0 amide bonds. The molecule has 2 heteroatoms. The zero-order valence-corrected chi connectivity index (χ0v) is 14.6. The highest BCUT2D eigenvalue weighted by atomic mass is 79.9. The molecule has 0 aliphatic rings. The first-order valence-corrected chi connectivity index (χ1v) is 7.74. The Bertz CT molecular complexity index is 403. The fourth-order valence-corrected chi connectivity index (χ4v) is 2.22. The predicted octanol–water partition coefficient (Wildman–Crippen LogP) is 1.43. The Kier molecular flexibility index (Phi) is 12.7. The first-order chi connectivity index (χ1) is 9.33. The highest BCUT2D eigenvalue weighted by Gasteiger charge is 1.99. The Morgan fingerprint density at radius 2 is 1.70 bits per heavy atom. The van der Waals surface area contributed by atoms with Crippen molar-refractivity contribution in [2.45, 2.75) is 71.8 Å². The van der Waals surface area contributed by atoms with Crippen LogP contribution >= 0.6 is 0 Å². The zero-order valence-electron chi connectivity index (χ0n) is 13.0. The third kappa shape index (κ3) is 10.0. The van der Waals surface area contributed by atoms with Crippen molar-refractivity contribution in [3.05, 3.63) is 30.1 Å². The van der Waals surface area contributed by atoms with Crippen molar-refractivity contribution < 1.29 is 21.5 Å². The van der Waals surface area contributed by atoms with E-state index in [4.69, 9.17) is 0 Å². The largest absolute Gasteiger partial charge is 1.00 e. The second-order valence-electron chi connectivity index (χ2n) is 5.20. The minimum atomic E-state index is 0. The van der Waals surface area contributed by atoms with Gasteiger partial charge in [0.2, 0.25) is 0 Å². The van der Waals surface area contributed by atoms with Gasteiger partial charge in [-0.05, 0) is 25.8 Å². The van der Waals surface area contributed by atoms with Gasteiger partial charge in [-0.2, -0.15) is 0 Å². The van der Waals surface area contributed by atoms with E-state index >= 15 is 0 Å². The van der Waals surface area contributed by atoms with Crippen LogP contribution in [0.1, 0.15) is 63.9 Å². The summed E-state index contributed by atoms with van der Waals surface area (Å²) in [6.45, 7) is 5.42. The first-order valence-electron chi connectivity index (χ1n) is 7.74. The second-order valence-corrected chi connectivity index (χ2v) is 5.20. The van der Waals surface area contributed by atoms with Crippen LogP contribution in [-0.2, 0) is 6.54 Å². The normalized spacial score (nSPS) is 9.50. The van der Waals surface area contributed by atoms with Crippen LogP contribution in [0.2, 0.25) is 0 Å². The maximum absolute atomic E-state index is 3.21. The lowest BCUT2D eigenvalue weighted by molar-refractivity contribution is -0.697.